The Balaban J connectivity index is 2.23. The molecule has 0 heterocycles. The molecule has 2 aromatic carbocycles. The second kappa shape index (κ2) is 7.16. The number of hydrogen-bond donors (Lipinski definition) is 1. The van der Waals surface area contributed by atoms with E-state index >= 15 is 0 Å². The van der Waals surface area contributed by atoms with Crippen LogP contribution in [0, 0.1) is 0 Å². The predicted octanol–water partition coefficient (Wildman–Crippen LogP) is 4.36. The van der Waals surface area contributed by atoms with Crippen LogP contribution in [0.25, 0.3) is 0 Å². The Kier molecular flexibility index (Phi) is 5.51. The Bertz CT molecular complexity index is 634. The molecular weight excluding hydrogens is 354 g/mol. The highest BCUT2D eigenvalue weighted by atomic mass is 79.9. The van der Waals surface area contributed by atoms with E-state index in [2.05, 4.69) is 15.9 Å². The minimum Gasteiger partial charge on any atom is -0.493 e. The second-order valence-electron chi connectivity index (χ2n) is 4.64. The Morgan fingerprint density at radius 2 is 1.86 bits per heavy atom. The fourth-order valence-corrected chi connectivity index (χ4v) is 2.83. The van der Waals surface area contributed by atoms with E-state index in [9.17, 15) is 0 Å². The van der Waals surface area contributed by atoms with Crippen LogP contribution < -0.4 is 15.2 Å². The molecule has 21 heavy (non-hydrogen) atoms. The quantitative estimate of drug-likeness (QED) is 0.850. The Morgan fingerprint density at radius 1 is 1.14 bits per heavy atom. The maximum Gasteiger partial charge on any atom is 0.160 e. The number of ether oxygens (including phenoxy) is 2. The van der Waals surface area contributed by atoms with Gasteiger partial charge in [-0.1, -0.05) is 29.8 Å². The molecule has 2 rings (SSSR count). The monoisotopic (exact) mass is 369 g/mol. The average molecular weight is 371 g/mol. The van der Waals surface area contributed by atoms with Gasteiger partial charge in [0, 0.05) is 10.5 Å². The zero-order chi connectivity index (χ0) is 15.4. The number of methoxy groups -OCH3 is 2. The maximum atomic E-state index is 6.29. The third-order valence-corrected chi connectivity index (χ3v) is 4.60. The van der Waals surface area contributed by atoms with E-state index in [1.54, 1.807) is 14.2 Å². The standard InChI is InChI=1S/C16H17BrClNO2/c1-20-14-7-6-10(9-15(14)21-2)8-13(19)11-4-3-5-12(17)16(11)18/h3-7,9,13H,8,19H2,1-2H3. The number of benzene rings is 2. The zero-order valence-electron chi connectivity index (χ0n) is 11.9. The second-order valence-corrected chi connectivity index (χ2v) is 5.88. The molecule has 0 fully saturated rings. The van der Waals surface area contributed by atoms with Gasteiger partial charge in [-0.3, -0.25) is 0 Å². The van der Waals surface area contributed by atoms with Crippen LogP contribution in [0.3, 0.4) is 0 Å². The van der Waals surface area contributed by atoms with E-state index < -0.39 is 0 Å². The van der Waals surface area contributed by atoms with Crippen LogP contribution in [0.15, 0.2) is 40.9 Å². The first-order valence-corrected chi connectivity index (χ1v) is 7.64. The summed E-state index contributed by atoms with van der Waals surface area (Å²) >= 11 is 9.71. The van der Waals surface area contributed by atoms with Gasteiger partial charge in [-0.15, -0.1) is 0 Å². The van der Waals surface area contributed by atoms with Crippen molar-refractivity contribution >= 4 is 27.5 Å². The molecule has 3 nitrogen and oxygen atoms in total. The molecule has 2 N–H and O–H groups in total. The topological polar surface area (TPSA) is 44.5 Å². The van der Waals surface area contributed by atoms with Crippen molar-refractivity contribution in [1.82, 2.24) is 0 Å². The molecule has 0 radical (unpaired) electrons. The molecule has 0 saturated carbocycles. The molecule has 5 heteroatoms. The summed E-state index contributed by atoms with van der Waals surface area (Å²) in [6.07, 6.45) is 0.663. The van der Waals surface area contributed by atoms with Crippen molar-refractivity contribution in [3.05, 3.63) is 57.0 Å². The molecular formula is C16H17BrClNO2. The SMILES string of the molecule is COc1ccc(CC(N)c2cccc(Br)c2Cl)cc1OC. The van der Waals surface area contributed by atoms with Crippen molar-refractivity contribution in [2.75, 3.05) is 14.2 Å². The van der Waals surface area contributed by atoms with E-state index in [0.717, 1.165) is 15.6 Å². The van der Waals surface area contributed by atoms with Crippen LogP contribution in [0.4, 0.5) is 0 Å². The fraction of sp³-hybridized carbons (Fsp3) is 0.250. The van der Waals surface area contributed by atoms with E-state index in [4.69, 9.17) is 26.8 Å². The lowest BCUT2D eigenvalue weighted by atomic mass is 9.99. The zero-order valence-corrected chi connectivity index (χ0v) is 14.2. The van der Waals surface area contributed by atoms with Gasteiger partial charge in [0.05, 0.1) is 19.2 Å². The van der Waals surface area contributed by atoms with Crippen molar-refractivity contribution in [2.24, 2.45) is 5.73 Å². The van der Waals surface area contributed by atoms with Crippen LogP contribution in [0.2, 0.25) is 5.02 Å². The van der Waals surface area contributed by atoms with Crippen LogP contribution in [0.1, 0.15) is 17.2 Å². The average Bonchev–Trinajstić information content (AvgIpc) is 2.49. The Morgan fingerprint density at radius 3 is 2.52 bits per heavy atom. The van der Waals surface area contributed by atoms with Gasteiger partial charge in [0.2, 0.25) is 0 Å². The summed E-state index contributed by atoms with van der Waals surface area (Å²) in [6, 6.07) is 11.4. The lowest BCUT2D eigenvalue weighted by Crippen LogP contribution is -2.14. The lowest BCUT2D eigenvalue weighted by molar-refractivity contribution is 0.354. The fourth-order valence-electron chi connectivity index (χ4n) is 2.18. The molecule has 0 aliphatic rings. The molecule has 0 aliphatic carbocycles. The number of rotatable bonds is 5. The van der Waals surface area contributed by atoms with Gasteiger partial charge >= 0.3 is 0 Å². The van der Waals surface area contributed by atoms with Crippen LogP contribution in [-0.2, 0) is 6.42 Å². The number of halogens is 2. The number of nitrogens with two attached hydrogens (primary N) is 1. The first-order valence-electron chi connectivity index (χ1n) is 6.47. The lowest BCUT2D eigenvalue weighted by Gasteiger charge is -2.16. The van der Waals surface area contributed by atoms with Crippen molar-refractivity contribution in [3.63, 3.8) is 0 Å². The molecule has 0 bridgehead atoms. The minimum atomic E-state index is -0.187. The highest BCUT2D eigenvalue weighted by Gasteiger charge is 2.14. The first kappa shape index (κ1) is 16.1. The summed E-state index contributed by atoms with van der Waals surface area (Å²) in [6.45, 7) is 0. The number of hydrogen-bond acceptors (Lipinski definition) is 3. The molecule has 0 aliphatic heterocycles. The smallest absolute Gasteiger partial charge is 0.160 e. The van der Waals surface area contributed by atoms with E-state index in [-0.39, 0.29) is 6.04 Å². The van der Waals surface area contributed by atoms with Gasteiger partial charge < -0.3 is 15.2 Å². The van der Waals surface area contributed by atoms with Gasteiger partial charge in [-0.25, -0.2) is 0 Å². The Labute approximate surface area is 138 Å². The highest BCUT2D eigenvalue weighted by Crippen LogP contribution is 2.32. The summed E-state index contributed by atoms with van der Waals surface area (Å²) in [5.41, 5.74) is 8.26. The maximum absolute atomic E-state index is 6.29. The summed E-state index contributed by atoms with van der Waals surface area (Å²) in [7, 11) is 3.23. The molecule has 112 valence electrons. The third-order valence-electron chi connectivity index (χ3n) is 3.28. The van der Waals surface area contributed by atoms with E-state index in [1.165, 1.54) is 0 Å². The molecule has 1 atom stereocenters. The largest absolute Gasteiger partial charge is 0.493 e. The summed E-state index contributed by atoms with van der Waals surface area (Å²) in [5.74, 6) is 1.40. The normalized spacial score (nSPS) is 12.0. The van der Waals surface area contributed by atoms with Crippen molar-refractivity contribution in [1.29, 1.82) is 0 Å². The highest BCUT2D eigenvalue weighted by molar-refractivity contribution is 9.10. The molecule has 0 saturated heterocycles. The van der Waals surface area contributed by atoms with Gasteiger partial charge in [0.1, 0.15) is 0 Å². The van der Waals surface area contributed by atoms with Crippen molar-refractivity contribution in [3.8, 4) is 11.5 Å². The van der Waals surface area contributed by atoms with Crippen LogP contribution in [0.5, 0.6) is 11.5 Å². The molecule has 0 amide bonds. The predicted molar refractivity (Wildman–Crippen MR) is 89.3 cm³/mol. The third kappa shape index (κ3) is 3.70. The molecule has 2 aromatic rings. The summed E-state index contributed by atoms with van der Waals surface area (Å²) < 4.78 is 11.4. The summed E-state index contributed by atoms with van der Waals surface area (Å²) in [4.78, 5) is 0. The van der Waals surface area contributed by atoms with Crippen LogP contribution in [-0.4, -0.2) is 14.2 Å². The molecule has 0 spiro atoms. The first-order chi connectivity index (χ1) is 10.1. The summed E-state index contributed by atoms with van der Waals surface area (Å²) in [5, 5.41) is 0.658. The molecule has 1 unspecified atom stereocenters. The van der Waals surface area contributed by atoms with E-state index in [1.807, 2.05) is 36.4 Å². The van der Waals surface area contributed by atoms with E-state index in [0.29, 0.717) is 22.9 Å². The van der Waals surface area contributed by atoms with Gasteiger partial charge in [-0.05, 0) is 51.7 Å². The van der Waals surface area contributed by atoms with Crippen molar-refractivity contribution < 1.29 is 9.47 Å². The van der Waals surface area contributed by atoms with Crippen LogP contribution >= 0.6 is 27.5 Å². The van der Waals surface area contributed by atoms with Gasteiger partial charge in [-0.2, -0.15) is 0 Å². The van der Waals surface area contributed by atoms with Gasteiger partial charge in [0.15, 0.2) is 11.5 Å². The minimum absolute atomic E-state index is 0.187. The van der Waals surface area contributed by atoms with Crippen molar-refractivity contribution in [2.45, 2.75) is 12.5 Å². The molecule has 0 aromatic heterocycles. The van der Waals surface area contributed by atoms with Gasteiger partial charge in [0.25, 0.3) is 0 Å². The Hall–Kier alpha value is -1.23.